The van der Waals surface area contributed by atoms with E-state index in [-0.39, 0.29) is 41.0 Å². The largest absolute Gasteiger partial charge is 0.349 e. The first-order chi connectivity index (χ1) is 8.04. The smallest absolute Gasteiger partial charge is 0.251 e. The second-order valence-corrected chi connectivity index (χ2v) is 4.84. The van der Waals surface area contributed by atoms with Gasteiger partial charge in [-0.2, -0.15) is 0 Å². The van der Waals surface area contributed by atoms with Crippen molar-refractivity contribution in [1.29, 1.82) is 0 Å². The van der Waals surface area contributed by atoms with Crippen LogP contribution in [0.2, 0.25) is 5.02 Å². The highest BCUT2D eigenvalue weighted by Gasteiger charge is 2.23. The number of nitrogens with one attached hydrogen (secondary N) is 1. The van der Waals surface area contributed by atoms with Gasteiger partial charge in [-0.15, -0.1) is 12.4 Å². The van der Waals surface area contributed by atoms with Crippen molar-refractivity contribution in [3.8, 4) is 0 Å². The molecule has 0 aliphatic heterocycles. The predicted molar refractivity (Wildman–Crippen MR) is 71.7 cm³/mol. The maximum absolute atomic E-state index is 13.1. The maximum Gasteiger partial charge on any atom is 0.251 e. The number of halogens is 3. The average Bonchev–Trinajstić information content (AvgIpc) is 2.62. The molecule has 2 rings (SSSR count). The van der Waals surface area contributed by atoms with Crippen molar-refractivity contribution in [2.45, 2.75) is 31.3 Å². The van der Waals surface area contributed by atoms with Gasteiger partial charge in [0.25, 0.3) is 5.91 Å². The Labute approximate surface area is 116 Å². The van der Waals surface area contributed by atoms with Crippen molar-refractivity contribution in [3.05, 3.63) is 34.6 Å². The third kappa shape index (κ3) is 3.83. The van der Waals surface area contributed by atoms with Gasteiger partial charge in [0, 0.05) is 22.7 Å². The summed E-state index contributed by atoms with van der Waals surface area (Å²) < 4.78 is 13.1. The van der Waals surface area contributed by atoms with Gasteiger partial charge in [0.1, 0.15) is 5.82 Å². The molecule has 0 aromatic heterocycles. The van der Waals surface area contributed by atoms with Crippen molar-refractivity contribution in [2.75, 3.05) is 0 Å². The lowest BCUT2D eigenvalue weighted by Crippen LogP contribution is -2.34. The fourth-order valence-corrected chi connectivity index (χ4v) is 2.32. The highest BCUT2D eigenvalue weighted by molar-refractivity contribution is 6.31. The van der Waals surface area contributed by atoms with E-state index in [0.29, 0.717) is 0 Å². The lowest BCUT2D eigenvalue weighted by Gasteiger charge is -2.12. The molecule has 1 fully saturated rings. The van der Waals surface area contributed by atoms with E-state index < -0.39 is 5.82 Å². The van der Waals surface area contributed by atoms with Crippen LogP contribution in [0.5, 0.6) is 0 Å². The molecule has 0 heterocycles. The zero-order chi connectivity index (χ0) is 12.4. The highest BCUT2D eigenvalue weighted by atomic mass is 35.5. The second-order valence-electron chi connectivity index (χ2n) is 4.40. The fourth-order valence-electron chi connectivity index (χ4n) is 2.10. The number of amides is 1. The summed E-state index contributed by atoms with van der Waals surface area (Å²) in [4.78, 5) is 11.8. The van der Waals surface area contributed by atoms with E-state index in [1.54, 1.807) is 0 Å². The van der Waals surface area contributed by atoms with E-state index >= 15 is 0 Å². The number of carbonyl (C=O) groups excluding carboxylic acids is 1. The van der Waals surface area contributed by atoms with E-state index in [9.17, 15) is 9.18 Å². The van der Waals surface area contributed by atoms with Crippen LogP contribution in [0, 0.1) is 5.82 Å². The summed E-state index contributed by atoms with van der Waals surface area (Å²) in [5, 5.41) is 3.06. The van der Waals surface area contributed by atoms with Crippen molar-refractivity contribution in [2.24, 2.45) is 5.73 Å². The number of nitrogens with two attached hydrogens (primary N) is 1. The minimum Gasteiger partial charge on any atom is -0.349 e. The molecule has 1 amide bonds. The molecule has 0 unspecified atom stereocenters. The first-order valence-corrected chi connectivity index (χ1v) is 5.95. The van der Waals surface area contributed by atoms with Crippen LogP contribution in [-0.4, -0.2) is 18.0 Å². The summed E-state index contributed by atoms with van der Waals surface area (Å²) in [6.07, 6.45) is 2.56. The molecule has 3 N–H and O–H groups in total. The molecule has 100 valence electrons. The Bertz CT molecular complexity index is 422. The monoisotopic (exact) mass is 292 g/mol. The van der Waals surface area contributed by atoms with Gasteiger partial charge in [-0.3, -0.25) is 4.79 Å². The van der Waals surface area contributed by atoms with Gasteiger partial charge in [-0.05, 0) is 37.5 Å². The summed E-state index contributed by atoms with van der Waals surface area (Å²) in [7, 11) is 0. The molecule has 18 heavy (non-hydrogen) atoms. The minimum atomic E-state index is -0.509. The number of benzene rings is 1. The molecule has 1 aliphatic carbocycles. The topological polar surface area (TPSA) is 55.1 Å². The summed E-state index contributed by atoms with van der Waals surface area (Å²) in [5.41, 5.74) is 6.00. The number of carbonyl (C=O) groups is 1. The molecule has 3 nitrogen and oxygen atoms in total. The zero-order valence-corrected chi connectivity index (χ0v) is 11.2. The first kappa shape index (κ1) is 15.2. The van der Waals surface area contributed by atoms with Crippen LogP contribution < -0.4 is 11.1 Å². The molecule has 6 heteroatoms. The van der Waals surface area contributed by atoms with Crippen LogP contribution in [0.3, 0.4) is 0 Å². The van der Waals surface area contributed by atoms with E-state index in [2.05, 4.69) is 5.32 Å². The minimum absolute atomic E-state index is 0. The Morgan fingerprint density at radius 1 is 1.39 bits per heavy atom. The summed E-state index contributed by atoms with van der Waals surface area (Å²) in [6.45, 7) is 0. The van der Waals surface area contributed by atoms with Crippen LogP contribution in [0.4, 0.5) is 4.39 Å². The number of hydrogen-bond acceptors (Lipinski definition) is 2. The standard InChI is InChI=1S/C12H14ClFN2O.ClH/c13-8-3-7(4-9(14)5-8)12(17)16-11-2-1-10(15)6-11;/h3-5,10-11H,1-2,6,15H2,(H,16,17);1H/t10-,11+;/m1./s1. The van der Waals surface area contributed by atoms with Gasteiger partial charge in [0.15, 0.2) is 0 Å². The third-order valence-electron chi connectivity index (χ3n) is 2.93. The molecule has 1 saturated carbocycles. The van der Waals surface area contributed by atoms with Crippen LogP contribution in [0.25, 0.3) is 0 Å². The molecule has 1 aliphatic rings. The van der Waals surface area contributed by atoms with Gasteiger partial charge in [0.2, 0.25) is 0 Å². The molecule has 0 radical (unpaired) electrons. The highest BCUT2D eigenvalue weighted by Crippen LogP contribution is 2.19. The predicted octanol–water partition coefficient (Wildman–Crippen LogP) is 2.51. The second kappa shape index (κ2) is 6.36. The summed E-state index contributed by atoms with van der Waals surface area (Å²) in [6, 6.07) is 4.03. The molecule has 1 aromatic rings. The van der Waals surface area contributed by atoms with Crippen LogP contribution in [0.1, 0.15) is 29.6 Å². The Kier molecular flexibility index (Phi) is 5.38. The Hall–Kier alpha value is -0.840. The SMILES string of the molecule is Cl.N[C@@H]1CC[C@H](NC(=O)c2cc(F)cc(Cl)c2)C1. The van der Waals surface area contributed by atoms with Crippen LogP contribution in [0.15, 0.2) is 18.2 Å². The van der Waals surface area contributed by atoms with E-state index in [4.69, 9.17) is 17.3 Å². The first-order valence-electron chi connectivity index (χ1n) is 5.57. The van der Waals surface area contributed by atoms with Crippen molar-refractivity contribution in [3.63, 3.8) is 0 Å². The quantitative estimate of drug-likeness (QED) is 0.880. The van der Waals surface area contributed by atoms with Gasteiger partial charge in [-0.25, -0.2) is 4.39 Å². The molecule has 0 bridgehead atoms. The molecule has 1 aromatic carbocycles. The lowest BCUT2D eigenvalue weighted by atomic mass is 10.1. The third-order valence-corrected chi connectivity index (χ3v) is 3.15. The zero-order valence-electron chi connectivity index (χ0n) is 9.66. The fraction of sp³-hybridized carbons (Fsp3) is 0.417. The molecular weight excluding hydrogens is 278 g/mol. The summed E-state index contributed by atoms with van der Waals surface area (Å²) in [5.74, 6) is -0.809. The van der Waals surface area contributed by atoms with Crippen molar-refractivity contribution < 1.29 is 9.18 Å². The Morgan fingerprint density at radius 2 is 2.11 bits per heavy atom. The van der Waals surface area contributed by atoms with Crippen molar-refractivity contribution >= 4 is 29.9 Å². The van der Waals surface area contributed by atoms with Crippen LogP contribution in [-0.2, 0) is 0 Å². The molecule has 2 atom stereocenters. The van der Waals surface area contributed by atoms with Gasteiger partial charge >= 0.3 is 0 Å². The van der Waals surface area contributed by atoms with E-state index in [0.717, 1.165) is 19.3 Å². The Balaban J connectivity index is 0.00000162. The number of hydrogen-bond donors (Lipinski definition) is 2. The maximum atomic E-state index is 13.1. The van der Waals surface area contributed by atoms with Gasteiger partial charge in [-0.1, -0.05) is 11.6 Å². The van der Waals surface area contributed by atoms with Crippen LogP contribution >= 0.6 is 24.0 Å². The van der Waals surface area contributed by atoms with E-state index in [1.165, 1.54) is 18.2 Å². The number of rotatable bonds is 2. The Morgan fingerprint density at radius 3 is 2.67 bits per heavy atom. The summed E-state index contributed by atoms with van der Waals surface area (Å²) >= 11 is 5.69. The van der Waals surface area contributed by atoms with E-state index in [1.807, 2.05) is 0 Å². The molecular formula is C12H15Cl2FN2O. The van der Waals surface area contributed by atoms with Gasteiger partial charge in [0.05, 0.1) is 0 Å². The molecule has 0 spiro atoms. The van der Waals surface area contributed by atoms with Gasteiger partial charge < -0.3 is 11.1 Å². The normalized spacial score (nSPS) is 22.4. The average molecular weight is 293 g/mol. The molecule has 0 saturated heterocycles. The lowest BCUT2D eigenvalue weighted by molar-refractivity contribution is 0.0937. The van der Waals surface area contributed by atoms with Crippen molar-refractivity contribution in [1.82, 2.24) is 5.32 Å².